The number of aromatic nitrogens is 4. The number of nitrogens with one attached hydrogen (secondary N) is 1. The fourth-order valence-electron chi connectivity index (χ4n) is 1.82. The van der Waals surface area contributed by atoms with Crippen molar-refractivity contribution in [1.82, 2.24) is 25.1 Å². The third-order valence-electron chi connectivity index (χ3n) is 2.82. The molecule has 0 bridgehead atoms. The van der Waals surface area contributed by atoms with Crippen LogP contribution in [0.3, 0.4) is 0 Å². The molecule has 0 saturated heterocycles. The van der Waals surface area contributed by atoms with Crippen molar-refractivity contribution < 1.29 is 9.21 Å². The molecule has 8 heteroatoms. The van der Waals surface area contributed by atoms with Gasteiger partial charge >= 0.3 is 0 Å². The van der Waals surface area contributed by atoms with Crippen LogP contribution in [0.4, 0.5) is 0 Å². The molecule has 3 heterocycles. The van der Waals surface area contributed by atoms with Crippen LogP contribution in [0.2, 0.25) is 0 Å². The number of thiazole rings is 1. The van der Waals surface area contributed by atoms with Gasteiger partial charge in [0.25, 0.3) is 5.91 Å². The van der Waals surface area contributed by atoms with E-state index in [2.05, 4.69) is 20.2 Å². The molecule has 0 aliphatic heterocycles. The second kappa shape index (κ2) is 5.49. The van der Waals surface area contributed by atoms with E-state index in [0.717, 1.165) is 5.82 Å². The first-order valence-corrected chi connectivity index (χ1v) is 7.14. The molecule has 3 aromatic heterocycles. The highest BCUT2D eigenvalue weighted by Crippen LogP contribution is 2.24. The summed E-state index contributed by atoms with van der Waals surface area (Å²) in [6.07, 6.45) is 1.58. The Morgan fingerprint density at radius 2 is 2.33 bits per heavy atom. The largest absolute Gasteiger partial charge is 0.462 e. The SMILES string of the molecule is Cc1nc(CN(C)C(=O)c2csc(-c3ccco3)n2)n[nH]1. The second-order valence-electron chi connectivity index (χ2n) is 4.51. The highest BCUT2D eigenvalue weighted by molar-refractivity contribution is 7.13. The van der Waals surface area contributed by atoms with E-state index in [4.69, 9.17) is 4.42 Å². The average molecular weight is 303 g/mol. The molecule has 0 unspecified atom stereocenters. The van der Waals surface area contributed by atoms with Gasteiger partial charge in [0.05, 0.1) is 12.8 Å². The van der Waals surface area contributed by atoms with Gasteiger partial charge in [-0.3, -0.25) is 9.89 Å². The molecular formula is C13H13N5O2S. The number of H-pyrrole nitrogens is 1. The van der Waals surface area contributed by atoms with Gasteiger partial charge < -0.3 is 9.32 Å². The third kappa shape index (κ3) is 2.84. The van der Waals surface area contributed by atoms with Crippen molar-refractivity contribution in [3.05, 3.63) is 41.1 Å². The first kappa shape index (κ1) is 13.5. The third-order valence-corrected chi connectivity index (χ3v) is 3.68. The zero-order valence-electron chi connectivity index (χ0n) is 11.5. The Balaban J connectivity index is 1.72. The van der Waals surface area contributed by atoms with Gasteiger partial charge in [-0.25, -0.2) is 9.97 Å². The molecule has 0 fully saturated rings. The van der Waals surface area contributed by atoms with Gasteiger partial charge in [0.2, 0.25) is 0 Å². The van der Waals surface area contributed by atoms with Crippen LogP contribution in [-0.4, -0.2) is 38.0 Å². The minimum atomic E-state index is -0.175. The summed E-state index contributed by atoms with van der Waals surface area (Å²) in [6, 6.07) is 3.60. The van der Waals surface area contributed by atoms with E-state index >= 15 is 0 Å². The number of aromatic amines is 1. The minimum absolute atomic E-state index is 0.175. The van der Waals surface area contributed by atoms with E-state index in [1.807, 2.05) is 13.0 Å². The smallest absolute Gasteiger partial charge is 0.273 e. The number of hydrogen-bond donors (Lipinski definition) is 1. The van der Waals surface area contributed by atoms with Crippen LogP contribution >= 0.6 is 11.3 Å². The Hall–Kier alpha value is -2.48. The molecule has 1 N–H and O–H groups in total. The lowest BCUT2D eigenvalue weighted by Gasteiger charge is -2.13. The summed E-state index contributed by atoms with van der Waals surface area (Å²) in [5.74, 6) is 1.78. The summed E-state index contributed by atoms with van der Waals surface area (Å²) >= 11 is 1.37. The molecule has 0 aliphatic rings. The first-order valence-electron chi connectivity index (χ1n) is 6.26. The lowest BCUT2D eigenvalue weighted by atomic mass is 10.4. The predicted molar refractivity (Wildman–Crippen MR) is 76.7 cm³/mol. The van der Waals surface area contributed by atoms with Crippen LogP contribution in [0.25, 0.3) is 10.8 Å². The predicted octanol–water partition coefficient (Wildman–Crippen LogP) is 2.10. The standard InChI is InChI=1S/C13H13N5O2S/c1-8-14-11(17-16-8)6-18(2)13(19)9-7-21-12(15-9)10-4-3-5-20-10/h3-5,7H,6H2,1-2H3,(H,14,16,17). The highest BCUT2D eigenvalue weighted by atomic mass is 32.1. The Bertz CT molecular complexity index is 746. The summed E-state index contributed by atoms with van der Waals surface area (Å²) in [6.45, 7) is 2.14. The summed E-state index contributed by atoms with van der Waals surface area (Å²) in [4.78, 5) is 22.3. The number of amides is 1. The maximum absolute atomic E-state index is 12.3. The molecule has 21 heavy (non-hydrogen) atoms. The monoisotopic (exact) mass is 303 g/mol. The molecule has 7 nitrogen and oxygen atoms in total. The van der Waals surface area contributed by atoms with E-state index in [1.165, 1.54) is 16.2 Å². The number of furan rings is 1. The van der Waals surface area contributed by atoms with Crippen molar-refractivity contribution in [1.29, 1.82) is 0 Å². The molecule has 0 radical (unpaired) electrons. The number of rotatable bonds is 4. The van der Waals surface area contributed by atoms with Crippen LogP contribution in [0, 0.1) is 6.92 Å². The molecule has 0 aromatic carbocycles. The molecule has 108 valence electrons. The number of hydrogen-bond acceptors (Lipinski definition) is 6. The van der Waals surface area contributed by atoms with Crippen LogP contribution in [0.5, 0.6) is 0 Å². The number of nitrogens with zero attached hydrogens (tertiary/aromatic N) is 4. The molecule has 0 atom stereocenters. The zero-order valence-corrected chi connectivity index (χ0v) is 12.3. The van der Waals surface area contributed by atoms with E-state index in [-0.39, 0.29) is 5.91 Å². The second-order valence-corrected chi connectivity index (χ2v) is 5.37. The zero-order chi connectivity index (χ0) is 14.8. The minimum Gasteiger partial charge on any atom is -0.462 e. The topological polar surface area (TPSA) is 87.9 Å². The van der Waals surface area contributed by atoms with Crippen LogP contribution < -0.4 is 0 Å². The quantitative estimate of drug-likeness (QED) is 0.797. The van der Waals surface area contributed by atoms with Gasteiger partial charge in [-0.15, -0.1) is 11.3 Å². The molecule has 1 amide bonds. The lowest BCUT2D eigenvalue weighted by Crippen LogP contribution is -2.27. The number of carbonyl (C=O) groups excluding carboxylic acids is 1. The summed E-state index contributed by atoms with van der Waals surface area (Å²) in [7, 11) is 1.69. The Morgan fingerprint density at radius 3 is 3.00 bits per heavy atom. The van der Waals surface area contributed by atoms with Crippen LogP contribution in [-0.2, 0) is 6.54 Å². The summed E-state index contributed by atoms with van der Waals surface area (Å²) in [5.41, 5.74) is 0.390. The van der Waals surface area contributed by atoms with E-state index in [1.54, 1.807) is 24.8 Å². The first-order chi connectivity index (χ1) is 10.1. The van der Waals surface area contributed by atoms with Gasteiger partial charge in [-0.2, -0.15) is 5.10 Å². The normalized spacial score (nSPS) is 10.8. The van der Waals surface area contributed by atoms with Crippen molar-refractivity contribution in [2.75, 3.05) is 7.05 Å². The molecule has 0 spiro atoms. The fourth-order valence-corrected chi connectivity index (χ4v) is 2.58. The highest BCUT2D eigenvalue weighted by Gasteiger charge is 2.18. The number of carbonyl (C=O) groups is 1. The Kier molecular flexibility index (Phi) is 3.53. The number of aryl methyl sites for hydroxylation is 1. The Labute approximate surface area is 124 Å². The Morgan fingerprint density at radius 1 is 1.48 bits per heavy atom. The van der Waals surface area contributed by atoms with Crippen molar-refractivity contribution in [2.24, 2.45) is 0 Å². The molecule has 3 aromatic rings. The maximum Gasteiger partial charge on any atom is 0.273 e. The van der Waals surface area contributed by atoms with Crippen LogP contribution in [0.1, 0.15) is 22.1 Å². The van der Waals surface area contributed by atoms with Gasteiger partial charge in [0, 0.05) is 12.4 Å². The van der Waals surface area contributed by atoms with Crippen molar-refractivity contribution in [3.63, 3.8) is 0 Å². The van der Waals surface area contributed by atoms with E-state index in [0.29, 0.717) is 28.8 Å². The van der Waals surface area contributed by atoms with Crippen molar-refractivity contribution in [2.45, 2.75) is 13.5 Å². The molecule has 0 aliphatic carbocycles. The van der Waals surface area contributed by atoms with Crippen LogP contribution in [0.15, 0.2) is 28.2 Å². The van der Waals surface area contributed by atoms with Crippen molar-refractivity contribution >= 4 is 17.2 Å². The van der Waals surface area contributed by atoms with Gasteiger partial charge in [0.1, 0.15) is 11.5 Å². The fraction of sp³-hybridized carbons (Fsp3) is 0.231. The van der Waals surface area contributed by atoms with Crippen molar-refractivity contribution in [3.8, 4) is 10.8 Å². The van der Waals surface area contributed by atoms with E-state index < -0.39 is 0 Å². The molecular weight excluding hydrogens is 290 g/mol. The molecule has 0 saturated carbocycles. The van der Waals surface area contributed by atoms with Gasteiger partial charge in [0.15, 0.2) is 16.6 Å². The van der Waals surface area contributed by atoms with Gasteiger partial charge in [-0.1, -0.05) is 0 Å². The maximum atomic E-state index is 12.3. The summed E-state index contributed by atoms with van der Waals surface area (Å²) < 4.78 is 5.27. The van der Waals surface area contributed by atoms with E-state index in [9.17, 15) is 4.79 Å². The summed E-state index contributed by atoms with van der Waals surface area (Å²) in [5, 5.41) is 9.17. The average Bonchev–Trinajstić information content (AvgIpc) is 3.18. The molecule has 3 rings (SSSR count). The lowest BCUT2D eigenvalue weighted by molar-refractivity contribution is 0.0776. The van der Waals surface area contributed by atoms with Gasteiger partial charge in [-0.05, 0) is 19.1 Å².